The minimum absolute atomic E-state index is 0.176. The zero-order valence-corrected chi connectivity index (χ0v) is 8.68. The van der Waals surface area contributed by atoms with E-state index in [4.69, 9.17) is 28.9 Å². The van der Waals surface area contributed by atoms with E-state index in [0.717, 1.165) is 19.4 Å². The van der Waals surface area contributed by atoms with Crippen LogP contribution in [0.4, 0.5) is 0 Å². The van der Waals surface area contributed by atoms with Crippen molar-refractivity contribution in [1.29, 1.82) is 0 Å². The van der Waals surface area contributed by atoms with Crippen LogP contribution in [0.25, 0.3) is 0 Å². The number of carbonyl (C=O) groups excluding carboxylic acids is 1. The number of carbonyl (C=O) groups is 1. The quantitative estimate of drug-likeness (QED) is 0.782. The fraction of sp³-hybridized carbons (Fsp3) is 0.625. The summed E-state index contributed by atoms with van der Waals surface area (Å²) in [6.45, 7) is 1.37. The second-order valence-corrected chi connectivity index (χ2v) is 3.79. The Kier molecular flexibility index (Phi) is 4.03. The van der Waals surface area contributed by atoms with E-state index in [-0.39, 0.29) is 11.9 Å². The number of rotatable bonds is 3. The summed E-state index contributed by atoms with van der Waals surface area (Å²) in [6, 6.07) is -0.176. The Balaban J connectivity index is 2.54. The molecule has 1 amide bonds. The molecule has 13 heavy (non-hydrogen) atoms. The van der Waals surface area contributed by atoms with Crippen LogP contribution in [0.3, 0.4) is 0 Å². The van der Waals surface area contributed by atoms with E-state index >= 15 is 0 Å². The van der Waals surface area contributed by atoms with Crippen LogP contribution in [-0.2, 0) is 4.79 Å². The maximum atomic E-state index is 11.0. The molecule has 0 bridgehead atoms. The molecule has 1 heterocycles. The highest BCUT2D eigenvalue weighted by molar-refractivity contribution is 6.36. The van der Waals surface area contributed by atoms with E-state index in [1.807, 2.05) is 4.90 Å². The van der Waals surface area contributed by atoms with Gasteiger partial charge in [-0.05, 0) is 19.4 Å². The fourth-order valence-corrected chi connectivity index (χ4v) is 1.79. The van der Waals surface area contributed by atoms with Crippen molar-refractivity contribution in [3.8, 4) is 0 Å². The van der Waals surface area contributed by atoms with Gasteiger partial charge in [0, 0.05) is 17.1 Å². The lowest BCUT2D eigenvalue weighted by molar-refractivity contribution is -0.122. The SMILES string of the molecule is NC(=O)C1CCCN1C/C(Cl)=C/Cl. The van der Waals surface area contributed by atoms with Gasteiger partial charge in [-0.15, -0.1) is 0 Å². The molecule has 1 fully saturated rings. The lowest BCUT2D eigenvalue weighted by atomic mass is 10.2. The van der Waals surface area contributed by atoms with Gasteiger partial charge in [-0.1, -0.05) is 23.2 Å². The van der Waals surface area contributed by atoms with Crippen molar-refractivity contribution in [2.45, 2.75) is 18.9 Å². The lowest BCUT2D eigenvalue weighted by Crippen LogP contribution is -2.40. The molecule has 3 nitrogen and oxygen atoms in total. The van der Waals surface area contributed by atoms with Gasteiger partial charge in [-0.25, -0.2) is 0 Å². The summed E-state index contributed by atoms with van der Waals surface area (Å²) in [5.74, 6) is -0.281. The van der Waals surface area contributed by atoms with Crippen molar-refractivity contribution >= 4 is 29.1 Å². The van der Waals surface area contributed by atoms with E-state index in [2.05, 4.69) is 0 Å². The monoisotopic (exact) mass is 222 g/mol. The predicted molar refractivity (Wildman–Crippen MR) is 53.6 cm³/mol. The predicted octanol–water partition coefficient (Wildman–Crippen LogP) is 1.26. The third kappa shape index (κ3) is 2.86. The summed E-state index contributed by atoms with van der Waals surface area (Å²) in [5.41, 5.74) is 6.55. The topological polar surface area (TPSA) is 46.3 Å². The zero-order valence-electron chi connectivity index (χ0n) is 7.17. The van der Waals surface area contributed by atoms with Crippen LogP contribution >= 0.6 is 23.2 Å². The number of hydrogen-bond donors (Lipinski definition) is 1. The molecular formula is C8H12Cl2N2O. The van der Waals surface area contributed by atoms with Crippen molar-refractivity contribution in [1.82, 2.24) is 4.90 Å². The largest absolute Gasteiger partial charge is 0.368 e. The summed E-state index contributed by atoms with van der Waals surface area (Å²) in [6.07, 6.45) is 1.81. The molecule has 0 saturated carbocycles. The fourth-order valence-electron chi connectivity index (χ4n) is 1.57. The summed E-state index contributed by atoms with van der Waals surface area (Å²) in [5, 5.41) is 0.537. The molecule has 0 aromatic heterocycles. The van der Waals surface area contributed by atoms with Gasteiger partial charge in [0.1, 0.15) is 0 Å². The first-order valence-corrected chi connectivity index (χ1v) is 4.94. The highest BCUT2D eigenvalue weighted by atomic mass is 35.5. The molecule has 1 atom stereocenters. The number of nitrogens with zero attached hydrogens (tertiary/aromatic N) is 1. The molecule has 0 aromatic carbocycles. The Bertz CT molecular complexity index is 230. The van der Waals surface area contributed by atoms with Crippen LogP contribution in [0.5, 0.6) is 0 Å². The Morgan fingerprint density at radius 1 is 1.69 bits per heavy atom. The van der Waals surface area contributed by atoms with Crippen LogP contribution in [-0.4, -0.2) is 29.9 Å². The summed E-state index contributed by atoms with van der Waals surface area (Å²) >= 11 is 11.2. The van der Waals surface area contributed by atoms with Crippen LogP contribution in [0.1, 0.15) is 12.8 Å². The van der Waals surface area contributed by atoms with Crippen LogP contribution in [0.15, 0.2) is 10.6 Å². The second-order valence-electron chi connectivity index (χ2n) is 3.09. The summed E-state index contributed by atoms with van der Waals surface area (Å²) in [7, 11) is 0. The molecule has 74 valence electrons. The van der Waals surface area contributed by atoms with Crippen molar-refractivity contribution < 1.29 is 4.79 Å². The number of nitrogens with two attached hydrogens (primary N) is 1. The van der Waals surface area contributed by atoms with Gasteiger partial charge in [0.25, 0.3) is 0 Å². The molecule has 0 aromatic rings. The van der Waals surface area contributed by atoms with E-state index < -0.39 is 0 Å². The van der Waals surface area contributed by atoms with Crippen molar-refractivity contribution in [3.63, 3.8) is 0 Å². The molecule has 1 saturated heterocycles. The first kappa shape index (κ1) is 10.8. The molecule has 0 spiro atoms. The number of likely N-dealkylation sites (tertiary alicyclic amines) is 1. The highest BCUT2D eigenvalue weighted by Crippen LogP contribution is 2.19. The van der Waals surface area contributed by atoms with Crippen molar-refractivity contribution in [2.24, 2.45) is 5.73 Å². The first-order valence-electron chi connectivity index (χ1n) is 4.13. The standard InChI is InChI=1S/C8H12Cl2N2O/c9-4-6(10)5-12-3-1-2-7(12)8(11)13/h4,7H,1-3,5H2,(H2,11,13)/b6-4-. The summed E-state index contributed by atoms with van der Waals surface area (Å²) in [4.78, 5) is 12.9. The molecule has 1 unspecified atom stereocenters. The number of hydrogen-bond acceptors (Lipinski definition) is 2. The average Bonchev–Trinajstić information content (AvgIpc) is 2.52. The lowest BCUT2D eigenvalue weighted by Gasteiger charge is -2.20. The van der Waals surface area contributed by atoms with Gasteiger partial charge in [-0.3, -0.25) is 9.69 Å². The third-order valence-electron chi connectivity index (χ3n) is 2.16. The van der Waals surface area contributed by atoms with Gasteiger partial charge in [-0.2, -0.15) is 0 Å². The molecule has 1 aliphatic rings. The third-order valence-corrected chi connectivity index (χ3v) is 2.77. The maximum Gasteiger partial charge on any atom is 0.234 e. The number of halogens is 2. The van der Waals surface area contributed by atoms with E-state index in [1.165, 1.54) is 5.54 Å². The van der Waals surface area contributed by atoms with Crippen LogP contribution in [0.2, 0.25) is 0 Å². The van der Waals surface area contributed by atoms with E-state index in [1.54, 1.807) is 0 Å². The molecule has 1 aliphatic heterocycles. The minimum Gasteiger partial charge on any atom is -0.368 e. The Morgan fingerprint density at radius 2 is 2.38 bits per heavy atom. The Hall–Kier alpha value is -0.250. The summed E-state index contributed by atoms with van der Waals surface area (Å²) < 4.78 is 0. The van der Waals surface area contributed by atoms with Gasteiger partial charge in [0.15, 0.2) is 0 Å². The molecule has 2 N–H and O–H groups in total. The average molecular weight is 223 g/mol. The minimum atomic E-state index is -0.281. The van der Waals surface area contributed by atoms with Gasteiger partial charge < -0.3 is 5.73 Å². The maximum absolute atomic E-state index is 11.0. The Labute approximate surface area is 87.5 Å². The van der Waals surface area contributed by atoms with Crippen LogP contribution < -0.4 is 5.73 Å². The normalized spacial score (nSPS) is 25.1. The van der Waals surface area contributed by atoms with Gasteiger partial charge >= 0.3 is 0 Å². The van der Waals surface area contributed by atoms with Gasteiger partial charge in [0.05, 0.1) is 6.04 Å². The Morgan fingerprint density at radius 3 is 2.92 bits per heavy atom. The molecular weight excluding hydrogens is 211 g/mol. The van der Waals surface area contributed by atoms with E-state index in [0.29, 0.717) is 11.6 Å². The smallest absolute Gasteiger partial charge is 0.234 e. The van der Waals surface area contributed by atoms with E-state index in [9.17, 15) is 4.79 Å². The van der Waals surface area contributed by atoms with Crippen molar-refractivity contribution in [3.05, 3.63) is 10.6 Å². The highest BCUT2D eigenvalue weighted by Gasteiger charge is 2.28. The van der Waals surface area contributed by atoms with Crippen LogP contribution in [0, 0.1) is 0 Å². The number of primary amides is 1. The molecule has 0 aliphatic carbocycles. The molecule has 5 heteroatoms. The first-order chi connectivity index (χ1) is 6.15. The molecule has 1 rings (SSSR count). The zero-order chi connectivity index (χ0) is 9.84. The van der Waals surface area contributed by atoms with Crippen molar-refractivity contribution in [2.75, 3.05) is 13.1 Å². The number of amides is 1. The van der Waals surface area contributed by atoms with Gasteiger partial charge in [0.2, 0.25) is 5.91 Å². The second kappa shape index (κ2) is 4.84. The molecule has 0 radical (unpaired) electrons.